The van der Waals surface area contributed by atoms with Crippen LogP contribution in [0.15, 0.2) is 5.11 Å². The van der Waals surface area contributed by atoms with Gasteiger partial charge in [0.2, 0.25) is 5.91 Å². The predicted octanol–water partition coefficient (Wildman–Crippen LogP) is -1.67. The Morgan fingerprint density at radius 1 is 1.39 bits per heavy atom. The SMILES string of the molecule is CC(=O)N[C@@H]1[C@@H](O)[C@@H](O)[C@@H](C(=O)O)O[C@H]1N=[N+]=[N-]. The quantitative estimate of drug-likeness (QED) is 0.269. The highest BCUT2D eigenvalue weighted by molar-refractivity contribution is 5.74. The predicted molar refractivity (Wildman–Crippen MR) is 55.1 cm³/mol. The van der Waals surface area contributed by atoms with E-state index in [9.17, 15) is 19.8 Å². The third-order valence-electron chi connectivity index (χ3n) is 2.40. The Morgan fingerprint density at radius 2 is 2.00 bits per heavy atom. The maximum atomic E-state index is 10.9. The number of aliphatic hydroxyl groups excluding tert-OH is 2. The van der Waals surface area contributed by atoms with Crippen molar-refractivity contribution < 1.29 is 29.6 Å². The van der Waals surface area contributed by atoms with Gasteiger partial charge in [0.05, 0.1) is 6.04 Å². The molecule has 1 rings (SSSR count). The molecule has 0 aromatic carbocycles. The lowest BCUT2D eigenvalue weighted by Crippen LogP contribution is -2.64. The number of hydrogen-bond donors (Lipinski definition) is 4. The van der Waals surface area contributed by atoms with Gasteiger partial charge in [0.25, 0.3) is 0 Å². The first-order valence-corrected chi connectivity index (χ1v) is 4.94. The monoisotopic (exact) mass is 260 g/mol. The second-order valence-corrected chi connectivity index (χ2v) is 3.70. The van der Waals surface area contributed by atoms with E-state index in [1.807, 2.05) is 0 Å². The fourth-order valence-corrected chi connectivity index (χ4v) is 1.62. The molecule has 1 heterocycles. The van der Waals surface area contributed by atoms with Gasteiger partial charge in [-0.05, 0) is 5.53 Å². The Balaban J connectivity index is 2.99. The van der Waals surface area contributed by atoms with Crippen molar-refractivity contribution in [1.29, 1.82) is 0 Å². The van der Waals surface area contributed by atoms with Crippen molar-refractivity contribution in [1.82, 2.24) is 5.32 Å². The first kappa shape index (κ1) is 14.2. The van der Waals surface area contributed by atoms with Crippen LogP contribution < -0.4 is 5.32 Å². The fourth-order valence-electron chi connectivity index (χ4n) is 1.62. The normalized spacial score (nSPS) is 35.4. The van der Waals surface area contributed by atoms with Gasteiger partial charge in [-0.3, -0.25) is 4.79 Å². The molecule has 1 saturated heterocycles. The summed E-state index contributed by atoms with van der Waals surface area (Å²) in [6.45, 7) is 1.15. The Labute approximate surface area is 101 Å². The zero-order valence-corrected chi connectivity index (χ0v) is 9.29. The highest BCUT2D eigenvalue weighted by Gasteiger charge is 2.47. The van der Waals surface area contributed by atoms with E-state index in [1.165, 1.54) is 0 Å². The van der Waals surface area contributed by atoms with Crippen molar-refractivity contribution in [2.24, 2.45) is 5.11 Å². The van der Waals surface area contributed by atoms with Crippen LogP contribution in [0.4, 0.5) is 0 Å². The molecule has 0 aliphatic carbocycles. The van der Waals surface area contributed by atoms with Crippen molar-refractivity contribution in [3.05, 3.63) is 10.4 Å². The number of amides is 1. The fraction of sp³-hybridized carbons (Fsp3) is 0.750. The standard InChI is InChI=1S/C8H12N4O6/c1-2(13)10-3-4(14)5(15)6(8(16)17)18-7(3)11-12-9/h3-7,14-15H,1H3,(H,10,13)(H,16,17)/t3-,4-,5-,6+,7-/m1/s1. The molecule has 10 nitrogen and oxygen atoms in total. The molecule has 1 aliphatic rings. The van der Waals surface area contributed by atoms with Crippen molar-refractivity contribution >= 4 is 11.9 Å². The topological polar surface area (TPSA) is 165 Å². The summed E-state index contributed by atoms with van der Waals surface area (Å²) in [6, 6.07) is -1.22. The Hall–Kier alpha value is -1.87. The number of nitrogens with one attached hydrogen (secondary N) is 1. The van der Waals surface area contributed by atoms with Crippen LogP contribution in [0, 0.1) is 0 Å². The minimum absolute atomic E-state index is 0.554. The maximum absolute atomic E-state index is 10.9. The molecule has 1 fully saturated rings. The molecule has 0 unspecified atom stereocenters. The lowest BCUT2D eigenvalue weighted by atomic mass is 9.96. The number of carbonyl (C=O) groups excluding carboxylic acids is 1. The number of ether oxygens (including phenoxy) is 1. The summed E-state index contributed by atoms with van der Waals surface area (Å²) < 4.78 is 4.84. The van der Waals surface area contributed by atoms with Crippen LogP contribution in [-0.2, 0) is 14.3 Å². The number of carboxylic acids is 1. The number of nitrogens with zero attached hydrogens (tertiary/aromatic N) is 3. The molecule has 18 heavy (non-hydrogen) atoms. The molecule has 4 N–H and O–H groups in total. The smallest absolute Gasteiger partial charge is 0.335 e. The molecule has 10 heteroatoms. The molecule has 100 valence electrons. The summed E-state index contributed by atoms with van der Waals surface area (Å²) in [5.41, 5.74) is 8.32. The lowest BCUT2D eigenvalue weighted by molar-refractivity contribution is -0.201. The summed E-state index contributed by atoms with van der Waals surface area (Å²) in [5, 5.41) is 33.4. The average Bonchev–Trinajstić information content (AvgIpc) is 2.27. The van der Waals surface area contributed by atoms with Crippen LogP contribution in [0.1, 0.15) is 6.92 Å². The molecule has 0 radical (unpaired) electrons. The molecular formula is C8H12N4O6. The highest BCUT2D eigenvalue weighted by atomic mass is 16.6. The number of carbonyl (C=O) groups is 2. The number of carboxylic acid groups (broad SMARTS) is 1. The zero-order chi connectivity index (χ0) is 13.9. The van der Waals surface area contributed by atoms with Gasteiger partial charge in [-0.15, -0.1) is 0 Å². The third-order valence-corrected chi connectivity index (χ3v) is 2.40. The summed E-state index contributed by atoms with van der Waals surface area (Å²) in [7, 11) is 0. The van der Waals surface area contributed by atoms with E-state index in [1.54, 1.807) is 0 Å². The van der Waals surface area contributed by atoms with E-state index < -0.39 is 42.5 Å². The Kier molecular flexibility index (Phi) is 4.45. The largest absolute Gasteiger partial charge is 0.479 e. The summed E-state index contributed by atoms with van der Waals surface area (Å²) in [4.78, 5) is 24.1. The first-order chi connectivity index (χ1) is 8.38. The second kappa shape index (κ2) is 5.65. The summed E-state index contributed by atoms with van der Waals surface area (Å²) >= 11 is 0. The zero-order valence-electron chi connectivity index (χ0n) is 9.29. The van der Waals surface area contributed by atoms with Crippen molar-refractivity contribution in [3.8, 4) is 0 Å². The molecule has 0 spiro atoms. The Morgan fingerprint density at radius 3 is 2.44 bits per heavy atom. The highest BCUT2D eigenvalue weighted by Crippen LogP contribution is 2.22. The first-order valence-electron chi connectivity index (χ1n) is 4.94. The van der Waals surface area contributed by atoms with E-state index in [-0.39, 0.29) is 0 Å². The molecule has 1 amide bonds. The second-order valence-electron chi connectivity index (χ2n) is 3.70. The maximum Gasteiger partial charge on any atom is 0.335 e. The van der Waals surface area contributed by atoms with Crippen LogP contribution in [0.25, 0.3) is 10.4 Å². The average molecular weight is 260 g/mol. The minimum atomic E-state index is -1.75. The van der Waals surface area contributed by atoms with Gasteiger partial charge in [-0.25, -0.2) is 4.79 Å². The van der Waals surface area contributed by atoms with Gasteiger partial charge in [-0.2, -0.15) is 0 Å². The molecule has 0 aromatic heterocycles. The number of aliphatic hydroxyl groups is 2. The van der Waals surface area contributed by atoms with Crippen molar-refractivity contribution in [2.75, 3.05) is 0 Å². The van der Waals surface area contributed by atoms with Crippen LogP contribution >= 0.6 is 0 Å². The molecule has 1 aliphatic heterocycles. The Bertz CT molecular complexity index is 395. The van der Waals surface area contributed by atoms with Gasteiger partial charge >= 0.3 is 5.97 Å². The van der Waals surface area contributed by atoms with E-state index in [0.29, 0.717) is 0 Å². The van der Waals surface area contributed by atoms with Crippen molar-refractivity contribution in [3.63, 3.8) is 0 Å². The van der Waals surface area contributed by atoms with Gasteiger partial charge in [0.15, 0.2) is 12.3 Å². The number of hydrogen-bond acceptors (Lipinski definition) is 6. The number of aliphatic carboxylic acids is 1. The van der Waals surface area contributed by atoms with E-state index in [4.69, 9.17) is 15.4 Å². The van der Waals surface area contributed by atoms with Crippen LogP contribution in [0.5, 0.6) is 0 Å². The molecule has 0 aromatic rings. The lowest BCUT2D eigenvalue weighted by Gasteiger charge is -2.39. The van der Waals surface area contributed by atoms with Gasteiger partial charge in [-0.1, -0.05) is 5.11 Å². The van der Waals surface area contributed by atoms with E-state index in [0.717, 1.165) is 6.92 Å². The van der Waals surface area contributed by atoms with Gasteiger partial charge in [0.1, 0.15) is 12.2 Å². The van der Waals surface area contributed by atoms with E-state index in [2.05, 4.69) is 15.3 Å². The van der Waals surface area contributed by atoms with Crippen LogP contribution in [-0.4, -0.2) is 57.8 Å². The number of azide groups is 1. The van der Waals surface area contributed by atoms with Gasteiger partial charge in [0, 0.05) is 11.8 Å². The van der Waals surface area contributed by atoms with Crippen molar-refractivity contribution in [2.45, 2.75) is 37.5 Å². The van der Waals surface area contributed by atoms with E-state index >= 15 is 0 Å². The summed E-state index contributed by atoms with van der Waals surface area (Å²) in [6.07, 6.45) is -6.53. The molecule has 0 bridgehead atoms. The van der Waals surface area contributed by atoms with Gasteiger partial charge < -0.3 is 25.4 Å². The molecular weight excluding hydrogens is 248 g/mol. The minimum Gasteiger partial charge on any atom is -0.479 e. The molecule has 5 atom stereocenters. The number of rotatable bonds is 3. The molecule has 0 saturated carbocycles. The third kappa shape index (κ3) is 2.87. The van der Waals surface area contributed by atoms with Crippen LogP contribution in [0.3, 0.4) is 0 Å². The summed E-state index contributed by atoms with van der Waals surface area (Å²) in [5.74, 6) is -2.07. The van der Waals surface area contributed by atoms with Crippen LogP contribution in [0.2, 0.25) is 0 Å².